The summed E-state index contributed by atoms with van der Waals surface area (Å²) in [4.78, 5) is 10.9. The molecule has 1 N–H and O–H groups in total. The molecule has 1 saturated heterocycles. The second-order valence-corrected chi connectivity index (χ2v) is 6.28. The zero-order chi connectivity index (χ0) is 15.1. The Morgan fingerprint density at radius 2 is 2.36 bits per heavy atom. The van der Waals surface area contributed by atoms with E-state index in [0.29, 0.717) is 22.7 Å². The van der Waals surface area contributed by atoms with E-state index in [1.807, 2.05) is 5.38 Å². The number of fused-ring (bicyclic) bond motifs is 1. The lowest BCUT2D eigenvalue weighted by atomic mass is 10.2. The van der Waals surface area contributed by atoms with E-state index in [1.165, 1.54) is 23.5 Å². The Kier molecular flexibility index (Phi) is 3.31. The van der Waals surface area contributed by atoms with Gasteiger partial charge in [-0.3, -0.25) is 0 Å². The summed E-state index contributed by atoms with van der Waals surface area (Å²) in [6.07, 6.45) is 1.70. The first kappa shape index (κ1) is 13.7. The molecule has 1 aliphatic rings. The second kappa shape index (κ2) is 5.33. The highest BCUT2D eigenvalue weighted by Gasteiger charge is 2.24. The summed E-state index contributed by atoms with van der Waals surface area (Å²) in [6, 6.07) is 3.70. The maximum atomic E-state index is 13.9. The van der Waals surface area contributed by atoms with Crippen LogP contribution < -0.4 is 10.2 Å². The lowest BCUT2D eigenvalue weighted by molar-refractivity contribution is 0.456. The van der Waals surface area contributed by atoms with Crippen molar-refractivity contribution in [2.45, 2.75) is 13.0 Å². The molecule has 1 fully saturated rings. The lowest BCUT2D eigenvalue weighted by Gasteiger charge is -2.32. The van der Waals surface area contributed by atoms with E-state index in [-0.39, 0.29) is 11.9 Å². The molecule has 0 amide bonds. The minimum atomic E-state index is -0.328. The van der Waals surface area contributed by atoms with Gasteiger partial charge in [0.2, 0.25) is 0 Å². The largest absolute Gasteiger partial charge is 0.423 e. The predicted octanol–water partition coefficient (Wildman–Crippen LogP) is 2.89. The number of anilines is 1. The van der Waals surface area contributed by atoms with E-state index in [2.05, 4.69) is 27.1 Å². The van der Waals surface area contributed by atoms with Gasteiger partial charge in [0.25, 0.3) is 6.01 Å². The third-order valence-electron chi connectivity index (χ3n) is 3.85. The minimum Gasteiger partial charge on any atom is -0.423 e. The highest BCUT2D eigenvalue weighted by atomic mass is 32.1. The molecule has 5 nitrogen and oxygen atoms in total. The number of hydrogen-bond donors (Lipinski definition) is 1. The molecular weight excluding hydrogens is 303 g/mol. The zero-order valence-corrected chi connectivity index (χ0v) is 12.9. The van der Waals surface area contributed by atoms with Gasteiger partial charge in [-0.1, -0.05) is 0 Å². The summed E-state index contributed by atoms with van der Waals surface area (Å²) in [5.41, 5.74) is 1.79. The van der Waals surface area contributed by atoms with Crippen molar-refractivity contribution in [2.75, 3.05) is 24.5 Å². The number of nitrogens with zero attached hydrogens (tertiary/aromatic N) is 3. The van der Waals surface area contributed by atoms with Gasteiger partial charge < -0.3 is 14.6 Å². The molecule has 7 heteroatoms. The molecule has 0 aliphatic carbocycles. The number of nitrogens with one attached hydrogen (secondary N) is 1. The molecule has 22 heavy (non-hydrogen) atoms. The van der Waals surface area contributed by atoms with Crippen LogP contribution >= 0.6 is 11.3 Å². The van der Waals surface area contributed by atoms with Gasteiger partial charge in [-0.2, -0.15) is 4.98 Å². The monoisotopic (exact) mass is 318 g/mol. The number of benzene rings is 1. The molecule has 3 aromatic rings. The summed E-state index contributed by atoms with van der Waals surface area (Å²) >= 11 is 1.46. The summed E-state index contributed by atoms with van der Waals surface area (Å²) in [5.74, 6) is -0.328. The number of rotatable bonds is 2. The average Bonchev–Trinajstić information content (AvgIpc) is 3.15. The quantitative estimate of drug-likeness (QED) is 0.787. The normalized spacial score (nSPS) is 19.0. The molecule has 0 radical (unpaired) electrons. The Morgan fingerprint density at radius 1 is 1.45 bits per heavy atom. The molecule has 3 heterocycles. The van der Waals surface area contributed by atoms with Crippen molar-refractivity contribution in [3.63, 3.8) is 0 Å². The van der Waals surface area contributed by atoms with Crippen molar-refractivity contribution < 1.29 is 8.81 Å². The topological polar surface area (TPSA) is 54.2 Å². The number of hydrogen-bond acceptors (Lipinski definition) is 6. The standard InChI is InChI=1S/C15H15FN4OS/c1-9-8-17-2-4-20(9)15-19-12-7-10(16)6-11(13(12)21-15)14-18-3-5-22-14/h3,5-7,9,17H,2,4,8H2,1H3. The molecule has 0 spiro atoms. The first-order valence-electron chi connectivity index (χ1n) is 7.19. The van der Waals surface area contributed by atoms with E-state index in [4.69, 9.17) is 4.42 Å². The summed E-state index contributed by atoms with van der Waals surface area (Å²) in [7, 11) is 0. The van der Waals surface area contributed by atoms with E-state index in [0.717, 1.165) is 24.6 Å². The number of aromatic nitrogens is 2. The smallest absolute Gasteiger partial charge is 0.298 e. The van der Waals surface area contributed by atoms with Crippen LogP contribution in [-0.4, -0.2) is 35.6 Å². The number of piperazine rings is 1. The van der Waals surface area contributed by atoms with E-state index in [9.17, 15) is 4.39 Å². The van der Waals surface area contributed by atoms with Gasteiger partial charge in [0.05, 0.1) is 5.56 Å². The zero-order valence-electron chi connectivity index (χ0n) is 12.0. The summed E-state index contributed by atoms with van der Waals surface area (Å²) in [6.45, 7) is 4.70. The van der Waals surface area contributed by atoms with Crippen molar-refractivity contribution in [1.29, 1.82) is 0 Å². The molecule has 1 aliphatic heterocycles. The Labute approximate surface area is 130 Å². The molecule has 4 rings (SSSR count). The van der Waals surface area contributed by atoms with Crippen LogP contribution in [0.2, 0.25) is 0 Å². The maximum Gasteiger partial charge on any atom is 0.298 e. The molecular formula is C15H15FN4OS. The number of oxazole rings is 1. The third-order valence-corrected chi connectivity index (χ3v) is 4.66. The number of thiazole rings is 1. The molecule has 1 atom stereocenters. The SMILES string of the molecule is CC1CNCCN1c1nc2cc(F)cc(-c3nccs3)c2o1. The molecule has 0 saturated carbocycles. The van der Waals surface area contributed by atoms with Crippen LogP contribution in [0, 0.1) is 5.82 Å². The summed E-state index contributed by atoms with van der Waals surface area (Å²) in [5, 5.41) is 5.93. The fourth-order valence-electron chi connectivity index (χ4n) is 2.75. The predicted molar refractivity (Wildman–Crippen MR) is 84.8 cm³/mol. The van der Waals surface area contributed by atoms with Crippen LogP contribution in [0.3, 0.4) is 0 Å². The molecule has 114 valence electrons. The van der Waals surface area contributed by atoms with Crippen molar-refractivity contribution in [1.82, 2.24) is 15.3 Å². The lowest BCUT2D eigenvalue weighted by Crippen LogP contribution is -2.50. The van der Waals surface area contributed by atoms with Gasteiger partial charge in [-0.15, -0.1) is 11.3 Å². The van der Waals surface area contributed by atoms with Crippen LogP contribution in [-0.2, 0) is 0 Å². The fraction of sp³-hybridized carbons (Fsp3) is 0.333. The van der Waals surface area contributed by atoms with E-state index in [1.54, 1.807) is 6.20 Å². The Balaban J connectivity index is 1.85. The van der Waals surface area contributed by atoms with Crippen molar-refractivity contribution >= 4 is 28.5 Å². The fourth-order valence-corrected chi connectivity index (χ4v) is 3.40. The Bertz CT molecular complexity index is 801. The van der Waals surface area contributed by atoms with Crippen LogP contribution in [0.4, 0.5) is 10.4 Å². The molecule has 1 aromatic carbocycles. The summed E-state index contributed by atoms with van der Waals surface area (Å²) < 4.78 is 19.9. The first-order chi connectivity index (χ1) is 10.7. The van der Waals surface area contributed by atoms with Crippen molar-refractivity contribution in [2.24, 2.45) is 0 Å². The van der Waals surface area contributed by atoms with Crippen molar-refractivity contribution in [3.05, 3.63) is 29.5 Å². The van der Waals surface area contributed by atoms with Gasteiger partial charge in [0.15, 0.2) is 5.58 Å². The molecule has 0 bridgehead atoms. The minimum absolute atomic E-state index is 0.287. The van der Waals surface area contributed by atoms with Crippen LogP contribution in [0.25, 0.3) is 21.7 Å². The van der Waals surface area contributed by atoms with E-state index < -0.39 is 0 Å². The number of halogens is 1. The van der Waals surface area contributed by atoms with Gasteiger partial charge in [0.1, 0.15) is 16.3 Å². The van der Waals surface area contributed by atoms with Gasteiger partial charge in [-0.25, -0.2) is 9.37 Å². The van der Waals surface area contributed by atoms with Crippen LogP contribution in [0.15, 0.2) is 28.1 Å². The Morgan fingerprint density at radius 3 is 3.14 bits per heavy atom. The van der Waals surface area contributed by atoms with Gasteiger partial charge >= 0.3 is 0 Å². The van der Waals surface area contributed by atoms with E-state index >= 15 is 0 Å². The highest BCUT2D eigenvalue weighted by molar-refractivity contribution is 7.13. The maximum absolute atomic E-state index is 13.9. The Hall–Kier alpha value is -1.99. The second-order valence-electron chi connectivity index (χ2n) is 5.38. The molecule has 2 aromatic heterocycles. The molecule has 1 unspecified atom stereocenters. The average molecular weight is 318 g/mol. The highest BCUT2D eigenvalue weighted by Crippen LogP contribution is 2.34. The van der Waals surface area contributed by atoms with Crippen molar-refractivity contribution in [3.8, 4) is 10.6 Å². The van der Waals surface area contributed by atoms with Gasteiger partial charge in [0, 0.05) is 43.3 Å². The van der Waals surface area contributed by atoms with Crippen LogP contribution in [0.5, 0.6) is 0 Å². The first-order valence-corrected chi connectivity index (χ1v) is 8.07. The van der Waals surface area contributed by atoms with Crippen LogP contribution in [0.1, 0.15) is 6.92 Å². The van der Waals surface area contributed by atoms with Gasteiger partial charge in [-0.05, 0) is 13.0 Å². The third kappa shape index (κ3) is 2.26.